The minimum absolute atomic E-state index is 0.0676. The van der Waals surface area contributed by atoms with Crippen LogP contribution in [0.2, 0.25) is 0 Å². The summed E-state index contributed by atoms with van der Waals surface area (Å²) in [6.07, 6.45) is 3.99. The Bertz CT molecular complexity index is 969. The first kappa shape index (κ1) is 17.0. The fourth-order valence-corrected chi connectivity index (χ4v) is 4.02. The van der Waals surface area contributed by atoms with E-state index in [1.165, 1.54) is 0 Å². The maximum Gasteiger partial charge on any atom is 0.253 e. The molecule has 6 nitrogen and oxygen atoms in total. The maximum absolute atomic E-state index is 12.7. The van der Waals surface area contributed by atoms with Crippen molar-refractivity contribution in [1.29, 1.82) is 0 Å². The van der Waals surface area contributed by atoms with Crippen LogP contribution in [0.15, 0.2) is 35.6 Å². The van der Waals surface area contributed by atoms with E-state index in [0.717, 1.165) is 29.2 Å². The molecule has 0 radical (unpaired) electrons. The van der Waals surface area contributed by atoms with Crippen LogP contribution in [0.1, 0.15) is 47.3 Å². The zero-order valence-electron chi connectivity index (χ0n) is 14.8. The second kappa shape index (κ2) is 7.07. The van der Waals surface area contributed by atoms with Gasteiger partial charge in [0, 0.05) is 24.3 Å². The molecule has 2 aromatic heterocycles. The number of carbonyl (C=O) groups is 1. The van der Waals surface area contributed by atoms with E-state index in [4.69, 9.17) is 4.74 Å². The van der Waals surface area contributed by atoms with E-state index in [0.29, 0.717) is 29.3 Å². The molecule has 134 valence electrons. The van der Waals surface area contributed by atoms with Crippen molar-refractivity contribution >= 4 is 23.3 Å². The van der Waals surface area contributed by atoms with Gasteiger partial charge in [0.15, 0.2) is 5.78 Å². The second-order valence-corrected chi connectivity index (χ2v) is 7.42. The Kier molecular flexibility index (Phi) is 4.63. The van der Waals surface area contributed by atoms with Gasteiger partial charge in [0.1, 0.15) is 5.75 Å². The third kappa shape index (κ3) is 3.07. The molecule has 0 saturated heterocycles. The van der Waals surface area contributed by atoms with Gasteiger partial charge in [0.2, 0.25) is 5.16 Å². The second-order valence-electron chi connectivity index (χ2n) is 6.36. The predicted octanol–water partition coefficient (Wildman–Crippen LogP) is 3.55. The van der Waals surface area contributed by atoms with Gasteiger partial charge in [-0.05, 0) is 24.5 Å². The number of thioether (sulfide) groups is 1. The molecule has 0 saturated carbocycles. The van der Waals surface area contributed by atoms with Crippen molar-refractivity contribution in [2.45, 2.75) is 37.3 Å². The Morgan fingerprint density at radius 1 is 1.27 bits per heavy atom. The van der Waals surface area contributed by atoms with Gasteiger partial charge >= 0.3 is 0 Å². The van der Waals surface area contributed by atoms with Gasteiger partial charge in [-0.3, -0.25) is 4.79 Å². The Balaban J connectivity index is 1.70. The van der Waals surface area contributed by atoms with Crippen LogP contribution in [-0.2, 0) is 6.42 Å². The number of benzene rings is 1. The highest BCUT2D eigenvalue weighted by Crippen LogP contribution is 2.36. The molecule has 0 bridgehead atoms. The van der Waals surface area contributed by atoms with E-state index in [-0.39, 0.29) is 11.7 Å². The fraction of sp³-hybridized carbons (Fsp3) is 0.368. The summed E-state index contributed by atoms with van der Waals surface area (Å²) < 4.78 is 7.10. The molecule has 4 rings (SSSR count). The van der Waals surface area contributed by atoms with E-state index in [1.54, 1.807) is 29.6 Å². The molecule has 0 aliphatic heterocycles. The number of nitrogens with zero attached hydrogens (tertiary/aromatic N) is 4. The number of Topliss-reactive ketones (excluding diaryl/α,β-unsaturated/α-hetero) is 1. The summed E-state index contributed by atoms with van der Waals surface area (Å²) in [4.78, 5) is 21.9. The molecule has 2 heterocycles. The number of ketones is 1. The Morgan fingerprint density at radius 2 is 2.12 bits per heavy atom. The Labute approximate surface area is 156 Å². The topological polar surface area (TPSA) is 69.4 Å². The van der Waals surface area contributed by atoms with Crippen LogP contribution in [0.5, 0.6) is 5.75 Å². The Hall–Kier alpha value is -2.41. The SMILES string of the molecule is CCCSc1nc2nc3c(cn2n1)C(=O)C[C@@H](c1ccccc1OC)C3. The average molecular weight is 368 g/mol. The van der Waals surface area contributed by atoms with Gasteiger partial charge in [0.05, 0.1) is 18.4 Å². The summed E-state index contributed by atoms with van der Waals surface area (Å²) in [5.41, 5.74) is 2.50. The first-order valence-electron chi connectivity index (χ1n) is 8.74. The van der Waals surface area contributed by atoms with Gasteiger partial charge in [0.25, 0.3) is 5.78 Å². The average Bonchev–Trinajstić information content (AvgIpc) is 3.06. The minimum Gasteiger partial charge on any atom is -0.496 e. The molecule has 0 fully saturated rings. The molecular weight excluding hydrogens is 348 g/mol. The van der Waals surface area contributed by atoms with Crippen molar-refractivity contribution in [3.8, 4) is 5.75 Å². The standard InChI is InChI=1S/C19H20N4O2S/c1-3-8-26-19-21-18-20-15-9-12(13-6-4-5-7-17(13)25-2)10-16(24)14(15)11-23(18)22-19/h4-7,11-12H,3,8-10H2,1-2H3/t12-/m0/s1. The Morgan fingerprint density at radius 3 is 2.92 bits per heavy atom. The summed E-state index contributed by atoms with van der Waals surface area (Å²) >= 11 is 1.61. The fourth-order valence-electron chi connectivity index (χ4n) is 3.34. The third-order valence-corrected chi connectivity index (χ3v) is 5.62. The molecule has 1 aromatic carbocycles. The predicted molar refractivity (Wildman–Crippen MR) is 100 cm³/mol. The van der Waals surface area contributed by atoms with E-state index >= 15 is 0 Å². The van der Waals surface area contributed by atoms with Crippen LogP contribution in [0.3, 0.4) is 0 Å². The number of para-hydroxylation sites is 1. The lowest BCUT2D eigenvalue weighted by Crippen LogP contribution is -2.21. The summed E-state index contributed by atoms with van der Waals surface area (Å²) in [6, 6.07) is 7.87. The molecule has 0 spiro atoms. The van der Waals surface area contributed by atoms with Gasteiger partial charge in [-0.1, -0.05) is 36.9 Å². The minimum atomic E-state index is 0.0676. The van der Waals surface area contributed by atoms with Crippen LogP contribution >= 0.6 is 11.8 Å². The monoisotopic (exact) mass is 368 g/mol. The molecule has 26 heavy (non-hydrogen) atoms. The third-order valence-electron chi connectivity index (χ3n) is 4.58. The maximum atomic E-state index is 12.7. The van der Waals surface area contributed by atoms with Gasteiger partial charge in [-0.25, -0.2) is 9.50 Å². The number of carbonyl (C=O) groups excluding carboxylic acids is 1. The smallest absolute Gasteiger partial charge is 0.253 e. The van der Waals surface area contributed by atoms with E-state index in [2.05, 4.69) is 22.0 Å². The molecule has 7 heteroatoms. The summed E-state index contributed by atoms with van der Waals surface area (Å²) in [5, 5.41) is 5.14. The lowest BCUT2D eigenvalue weighted by Gasteiger charge is -2.24. The number of hydrogen-bond donors (Lipinski definition) is 0. The number of fused-ring (bicyclic) bond motifs is 2. The summed E-state index contributed by atoms with van der Waals surface area (Å²) in [7, 11) is 1.66. The van der Waals surface area contributed by atoms with Crippen LogP contribution in [0.4, 0.5) is 0 Å². The van der Waals surface area contributed by atoms with Crippen LogP contribution in [-0.4, -0.2) is 38.2 Å². The van der Waals surface area contributed by atoms with Crippen molar-refractivity contribution in [3.05, 3.63) is 47.3 Å². The normalized spacial score (nSPS) is 16.7. The number of hydrogen-bond acceptors (Lipinski definition) is 6. The lowest BCUT2D eigenvalue weighted by atomic mass is 9.82. The van der Waals surface area contributed by atoms with Crippen LogP contribution in [0, 0.1) is 0 Å². The molecule has 0 N–H and O–H groups in total. The largest absolute Gasteiger partial charge is 0.496 e. The van der Waals surface area contributed by atoms with Crippen LogP contribution < -0.4 is 4.74 Å². The van der Waals surface area contributed by atoms with E-state index in [1.807, 2.05) is 24.3 Å². The van der Waals surface area contributed by atoms with Gasteiger partial charge in [-0.15, -0.1) is 5.10 Å². The lowest BCUT2D eigenvalue weighted by molar-refractivity contribution is 0.0962. The quantitative estimate of drug-likeness (QED) is 0.642. The highest BCUT2D eigenvalue weighted by Gasteiger charge is 2.30. The zero-order valence-corrected chi connectivity index (χ0v) is 15.6. The molecule has 1 aliphatic rings. The van der Waals surface area contributed by atoms with Gasteiger partial charge < -0.3 is 4.74 Å². The van der Waals surface area contributed by atoms with Crippen molar-refractivity contribution in [2.24, 2.45) is 0 Å². The van der Waals surface area contributed by atoms with Gasteiger partial charge in [-0.2, -0.15) is 4.98 Å². The van der Waals surface area contributed by atoms with E-state index < -0.39 is 0 Å². The molecular formula is C19H20N4O2S. The van der Waals surface area contributed by atoms with E-state index in [9.17, 15) is 4.79 Å². The molecule has 0 amide bonds. The number of aromatic nitrogens is 4. The molecule has 3 aromatic rings. The van der Waals surface area contributed by atoms with Crippen molar-refractivity contribution in [3.63, 3.8) is 0 Å². The van der Waals surface area contributed by atoms with Crippen LogP contribution in [0.25, 0.3) is 5.78 Å². The molecule has 1 atom stereocenters. The number of ether oxygens (including phenoxy) is 1. The highest BCUT2D eigenvalue weighted by molar-refractivity contribution is 7.99. The summed E-state index contributed by atoms with van der Waals surface area (Å²) in [6.45, 7) is 2.12. The molecule has 0 unspecified atom stereocenters. The van der Waals surface area contributed by atoms with Crippen molar-refractivity contribution < 1.29 is 9.53 Å². The van der Waals surface area contributed by atoms with Crippen molar-refractivity contribution in [2.75, 3.05) is 12.9 Å². The highest BCUT2D eigenvalue weighted by atomic mass is 32.2. The summed E-state index contributed by atoms with van der Waals surface area (Å²) in [5.74, 6) is 2.49. The first-order valence-corrected chi connectivity index (χ1v) is 9.73. The molecule has 1 aliphatic carbocycles. The zero-order chi connectivity index (χ0) is 18.1. The first-order chi connectivity index (χ1) is 12.7. The number of rotatable bonds is 5. The van der Waals surface area contributed by atoms with Crippen molar-refractivity contribution in [1.82, 2.24) is 19.6 Å². The number of methoxy groups -OCH3 is 1.